The lowest BCUT2D eigenvalue weighted by atomic mass is 10.1. The first-order valence-corrected chi connectivity index (χ1v) is 9.61. The highest BCUT2D eigenvalue weighted by Crippen LogP contribution is 2.35. The number of thioether (sulfide) groups is 1. The van der Waals surface area contributed by atoms with Gasteiger partial charge in [0.2, 0.25) is 5.88 Å². The monoisotopic (exact) mass is 417 g/mol. The Labute approximate surface area is 167 Å². The van der Waals surface area contributed by atoms with Crippen LogP contribution in [0.2, 0.25) is 0 Å². The van der Waals surface area contributed by atoms with Crippen LogP contribution in [0.25, 0.3) is 16.5 Å². The average Bonchev–Trinajstić information content (AvgIpc) is 3.21. The summed E-state index contributed by atoms with van der Waals surface area (Å²) < 4.78 is 41.2. The number of alkyl halides is 3. The maximum Gasteiger partial charge on any atom is 0.418 e. The van der Waals surface area contributed by atoms with Gasteiger partial charge in [-0.05, 0) is 18.2 Å². The standard InChI is InChI=1S/C20H14F3N3O2S/c21-20(22,23)15-7-3-4-8-16(15)26-17(27)13-6-2-1-5-12(13)14(18(26)28)11-25-19-24-9-10-29-19/h1-8,11,28H,9-10H2. The molecule has 0 amide bonds. The van der Waals surface area contributed by atoms with Gasteiger partial charge in [0, 0.05) is 22.7 Å². The first-order valence-electron chi connectivity index (χ1n) is 8.62. The number of hydrogen-bond acceptors (Lipinski definition) is 5. The normalized spacial score (nSPS) is 14.7. The second-order valence-electron chi connectivity index (χ2n) is 6.21. The highest BCUT2D eigenvalue weighted by molar-refractivity contribution is 8.14. The maximum absolute atomic E-state index is 13.5. The summed E-state index contributed by atoms with van der Waals surface area (Å²) in [6.07, 6.45) is -3.36. The Kier molecular flexibility index (Phi) is 4.91. The molecule has 3 aromatic rings. The molecule has 29 heavy (non-hydrogen) atoms. The molecule has 1 aromatic heterocycles. The van der Waals surface area contributed by atoms with Gasteiger partial charge in [0.05, 0.1) is 23.4 Å². The quantitative estimate of drug-likeness (QED) is 0.635. The number of fused-ring (bicyclic) bond motifs is 1. The van der Waals surface area contributed by atoms with E-state index >= 15 is 0 Å². The number of amidine groups is 1. The van der Waals surface area contributed by atoms with Gasteiger partial charge in [-0.2, -0.15) is 13.2 Å². The SMILES string of the molecule is O=c1c2ccccc2c(C=NC2=NCCS2)c(O)n1-c1ccccc1C(F)(F)F. The number of benzene rings is 2. The van der Waals surface area contributed by atoms with E-state index in [1.54, 1.807) is 18.2 Å². The molecule has 2 heterocycles. The van der Waals surface area contributed by atoms with Crippen molar-refractivity contribution in [2.45, 2.75) is 6.18 Å². The lowest BCUT2D eigenvalue weighted by Crippen LogP contribution is -2.23. The number of nitrogens with zero attached hydrogens (tertiary/aromatic N) is 3. The second-order valence-corrected chi connectivity index (χ2v) is 7.27. The summed E-state index contributed by atoms with van der Waals surface area (Å²) in [5.74, 6) is 0.176. The Morgan fingerprint density at radius 1 is 1.10 bits per heavy atom. The van der Waals surface area contributed by atoms with Crippen LogP contribution in [-0.2, 0) is 6.18 Å². The molecule has 2 aromatic carbocycles. The van der Waals surface area contributed by atoms with Crippen LogP contribution >= 0.6 is 11.8 Å². The summed E-state index contributed by atoms with van der Waals surface area (Å²) >= 11 is 1.44. The van der Waals surface area contributed by atoms with Crippen molar-refractivity contribution in [3.05, 3.63) is 70.0 Å². The minimum atomic E-state index is -4.70. The van der Waals surface area contributed by atoms with Crippen LogP contribution in [0.1, 0.15) is 11.1 Å². The van der Waals surface area contributed by atoms with Crippen LogP contribution in [-0.4, -0.2) is 33.4 Å². The van der Waals surface area contributed by atoms with E-state index in [0.717, 1.165) is 17.9 Å². The molecule has 5 nitrogen and oxygen atoms in total. The molecular formula is C20H14F3N3O2S. The van der Waals surface area contributed by atoms with Gasteiger partial charge < -0.3 is 5.11 Å². The van der Waals surface area contributed by atoms with E-state index in [1.807, 2.05) is 0 Å². The minimum Gasteiger partial charge on any atom is -0.494 e. The number of aliphatic imine (C=N–C) groups is 2. The van der Waals surface area contributed by atoms with Crippen LogP contribution in [0.4, 0.5) is 13.2 Å². The molecule has 0 unspecified atom stereocenters. The lowest BCUT2D eigenvalue weighted by Gasteiger charge is -2.18. The molecule has 0 atom stereocenters. The zero-order valence-corrected chi connectivity index (χ0v) is 15.7. The van der Waals surface area contributed by atoms with E-state index in [1.165, 1.54) is 36.2 Å². The summed E-state index contributed by atoms with van der Waals surface area (Å²) in [4.78, 5) is 21.4. The molecule has 0 saturated carbocycles. The van der Waals surface area contributed by atoms with Gasteiger partial charge in [-0.25, -0.2) is 9.56 Å². The Bertz CT molecular complexity index is 1220. The van der Waals surface area contributed by atoms with Gasteiger partial charge in [-0.15, -0.1) is 0 Å². The number of para-hydroxylation sites is 1. The molecule has 0 saturated heterocycles. The van der Waals surface area contributed by atoms with Gasteiger partial charge in [0.1, 0.15) is 0 Å². The molecule has 4 rings (SSSR count). The van der Waals surface area contributed by atoms with Gasteiger partial charge in [-0.3, -0.25) is 9.79 Å². The number of aromatic hydroxyl groups is 1. The smallest absolute Gasteiger partial charge is 0.418 e. The minimum absolute atomic E-state index is 0.146. The second kappa shape index (κ2) is 7.40. The van der Waals surface area contributed by atoms with Gasteiger partial charge >= 0.3 is 6.18 Å². The number of pyridine rings is 1. The fourth-order valence-corrected chi connectivity index (χ4v) is 3.82. The van der Waals surface area contributed by atoms with Crippen molar-refractivity contribution in [3.8, 4) is 11.6 Å². The molecule has 0 spiro atoms. The summed E-state index contributed by atoms with van der Waals surface area (Å²) in [6, 6.07) is 11.0. The predicted molar refractivity (Wildman–Crippen MR) is 109 cm³/mol. The highest BCUT2D eigenvalue weighted by Gasteiger charge is 2.34. The molecule has 1 aliphatic heterocycles. The van der Waals surface area contributed by atoms with E-state index in [4.69, 9.17) is 0 Å². The number of hydrogen-bond donors (Lipinski definition) is 1. The fraction of sp³-hybridized carbons (Fsp3) is 0.150. The number of rotatable bonds is 2. The van der Waals surface area contributed by atoms with E-state index in [9.17, 15) is 23.1 Å². The van der Waals surface area contributed by atoms with Crippen molar-refractivity contribution in [1.82, 2.24) is 4.57 Å². The summed E-state index contributed by atoms with van der Waals surface area (Å²) in [5.41, 5.74) is -2.08. The largest absolute Gasteiger partial charge is 0.494 e. The van der Waals surface area contributed by atoms with E-state index < -0.39 is 28.9 Å². The average molecular weight is 417 g/mol. The van der Waals surface area contributed by atoms with Gasteiger partial charge in [0.25, 0.3) is 5.56 Å². The third-order valence-electron chi connectivity index (χ3n) is 4.43. The topological polar surface area (TPSA) is 66.9 Å². The van der Waals surface area contributed by atoms with Crippen molar-refractivity contribution in [2.24, 2.45) is 9.98 Å². The fourth-order valence-electron chi connectivity index (χ4n) is 3.14. The molecule has 0 fully saturated rings. The van der Waals surface area contributed by atoms with Crippen LogP contribution in [0, 0.1) is 0 Å². The van der Waals surface area contributed by atoms with Crippen LogP contribution in [0.5, 0.6) is 5.88 Å². The zero-order valence-electron chi connectivity index (χ0n) is 14.8. The van der Waals surface area contributed by atoms with E-state index in [0.29, 0.717) is 21.7 Å². The molecule has 0 radical (unpaired) electrons. The Balaban J connectivity index is 2.03. The molecular weight excluding hydrogens is 403 g/mol. The molecule has 1 N–H and O–H groups in total. The predicted octanol–water partition coefficient (Wildman–Crippen LogP) is 4.24. The Hall–Kier alpha value is -3.07. The number of halogens is 3. The van der Waals surface area contributed by atoms with Crippen molar-refractivity contribution in [3.63, 3.8) is 0 Å². The Morgan fingerprint density at radius 2 is 1.79 bits per heavy atom. The van der Waals surface area contributed by atoms with Crippen molar-refractivity contribution >= 4 is 33.9 Å². The first-order chi connectivity index (χ1) is 13.9. The van der Waals surface area contributed by atoms with Gasteiger partial charge in [0.15, 0.2) is 5.17 Å². The number of aromatic nitrogens is 1. The van der Waals surface area contributed by atoms with Crippen molar-refractivity contribution in [2.75, 3.05) is 12.3 Å². The third kappa shape index (κ3) is 3.53. The van der Waals surface area contributed by atoms with E-state index in [-0.39, 0.29) is 10.9 Å². The highest BCUT2D eigenvalue weighted by atomic mass is 32.2. The third-order valence-corrected chi connectivity index (χ3v) is 5.31. The maximum atomic E-state index is 13.5. The summed E-state index contributed by atoms with van der Waals surface area (Å²) in [5, 5.41) is 11.9. The molecule has 0 aliphatic carbocycles. The van der Waals surface area contributed by atoms with Crippen LogP contribution in [0.15, 0.2) is 63.3 Å². The van der Waals surface area contributed by atoms with Crippen LogP contribution in [0.3, 0.4) is 0 Å². The molecule has 9 heteroatoms. The molecule has 148 valence electrons. The first kappa shape index (κ1) is 19.3. The van der Waals surface area contributed by atoms with Gasteiger partial charge in [-0.1, -0.05) is 42.1 Å². The van der Waals surface area contributed by atoms with Crippen LogP contribution < -0.4 is 5.56 Å². The zero-order chi connectivity index (χ0) is 20.6. The lowest BCUT2D eigenvalue weighted by molar-refractivity contribution is -0.137. The Morgan fingerprint density at radius 3 is 2.48 bits per heavy atom. The summed E-state index contributed by atoms with van der Waals surface area (Å²) in [6.45, 7) is 0.628. The van der Waals surface area contributed by atoms with Crippen molar-refractivity contribution in [1.29, 1.82) is 0 Å². The summed E-state index contributed by atoms with van der Waals surface area (Å²) in [7, 11) is 0. The molecule has 0 bridgehead atoms. The van der Waals surface area contributed by atoms with E-state index in [2.05, 4.69) is 9.98 Å². The van der Waals surface area contributed by atoms with Crippen molar-refractivity contribution < 1.29 is 18.3 Å². The molecule has 1 aliphatic rings.